The Morgan fingerprint density at radius 1 is 1.32 bits per heavy atom. The molecule has 0 spiro atoms. The highest BCUT2D eigenvalue weighted by atomic mass is 35.5. The minimum atomic E-state index is 0.0545. The first-order valence-corrected chi connectivity index (χ1v) is 6.61. The number of nitrogens with two attached hydrogens (primary N) is 1. The maximum Gasteiger partial charge on any atom is 0.0629 e. The fraction of sp³-hybridized carbons (Fsp3) is 0.357. The van der Waals surface area contributed by atoms with E-state index in [0.29, 0.717) is 0 Å². The Morgan fingerprint density at radius 3 is 2.42 bits per heavy atom. The molecule has 3 N–H and O–H groups in total. The molecular weight excluding hydrogens is 260 g/mol. The Bertz CT molecular complexity index is 560. The summed E-state index contributed by atoms with van der Waals surface area (Å²) in [5.41, 5.74) is 7.45. The van der Waals surface area contributed by atoms with Gasteiger partial charge in [-0.1, -0.05) is 23.7 Å². The Labute approximate surface area is 118 Å². The average molecular weight is 279 g/mol. The number of nitrogens with zero attached hydrogens (tertiary/aromatic N) is 2. The van der Waals surface area contributed by atoms with E-state index >= 15 is 0 Å². The van der Waals surface area contributed by atoms with Crippen molar-refractivity contribution in [2.45, 2.75) is 26.3 Å². The van der Waals surface area contributed by atoms with Crippen molar-refractivity contribution in [1.29, 1.82) is 0 Å². The van der Waals surface area contributed by atoms with E-state index in [1.165, 1.54) is 11.3 Å². The third-order valence-electron chi connectivity index (χ3n) is 3.54. The molecule has 1 aromatic heterocycles. The van der Waals surface area contributed by atoms with Crippen molar-refractivity contribution in [2.24, 2.45) is 12.9 Å². The largest absolute Gasteiger partial charge is 0.272 e. The summed E-state index contributed by atoms with van der Waals surface area (Å²) in [6.45, 7) is 4.10. The van der Waals surface area contributed by atoms with Gasteiger partial charge in [-0.05, 0) is 43.5 Å². The van der Waals surface area contributed by atoms with Crippen LogP contribution in [0.4, 0.5) is 0 Å². The number of hydrazine groups is 1. The van der Waals surface area contributed by atoms with Gasteiger partial charge in [-0.15, -0.1) is 0 Å². The molecule has 0 aliphatic carbocycles. The number of hydrogen-bond acceptors (Lipinski definition) is 3. The Kier molecular flexibility index (Phi) is 4.24. The van der Waals surface area contributed by atoms with Gasteiger partial charge in [0.15, 0.2) is 0 Å². The number of hydrogen-bond donors (Lipinski definition) is 2. The number of aromatic nitrogens is 2. The molecule has 2 aromatic rings. The zero-order valence-electron chi connectivity index (χ0n) is 11.4. The molecule has 2 rings (SSSR count). The van der Waals surface area contributed by atoms with Crippen LogP contribution in [0.15, 0.2) is 24.3 Å². The zero-order valence-corrected chi connectivity index (χ0v) is 12.2. The van der Waals surface area contributed by atoms with Gasteiger partial charge in [0.2, 0.25) is 0 Å². The lowest BCUT2D eigenvalue weighted by molar-refractivity contribution is 0.549. The summed E-state index contributed by atoms with van der Waals surface area (Å²) < 4.78 is 1.90. The van der Waals surface area contributed by atoms with Crippen LogP contribution in [0.25, 0.3) is 0 Å². The van der Waals surface area contributed by atoms with E-state index in [-0.39, 0.29) is 6.04 Å². The lowest BCUT2D eigenvalue weighted by Crippen LogP contribution is -2.29. The zero-order chi connectivity index (χ0) is 14.0. The third-order valence-corrected chi connectivity index (χ3v) is 3.79. The van der Waals surface area contributed by atoms with E-state index < -0.39 is 0 Å². The number of nitrogens with one attached hydrogen (secondary N) is 1. The standard InChI is InChI=1S/C14H19ClN4/c1-9-13(10(2)19(3)18-9)8-14(17-16)11-4-6-12(15)7-5-11/h4-7,14,17H,8,16H2,1-3H3. The molecule has 0 amide bonds. The molecule has 1 heterocycles. The van der Waals surface area contributed by atoms with Crippen LogP contribution in [0.1, 0.15) is 28.6 Å². The molecule has 1 aromatic carbocycles. The first kappa shape index (κ1) is 14.1. The summed E-state index contributed by atoms with van der Waals surface area (Å²) in [5, 5.41) is 5.16. The molecule has 0 bridgehead atoms. The molecule has 1 unspecified atom stereocenters. The second-order valence-corrected chi connectivity index (χ2v) is 5.18. The minimum absolute atomic E-state index is 0.0545. The minimum Gasteiger partial charge on any atom is -0.272 e. The number of aryl methyl sites for hydroxylation is 2. The van der Waals surface area contributed by atoms with Gasteiger partial charge < -0.3 is 0 Å². The van der Waals surface area contributed by atoms with E-state index in [1.807, 2.05) is 42.9 Å². The molecule has 0 aliphatic heterocycles. The second-order valence-electron chi connectivity index (χ2n) is 4.75. The fourth-order valence-electron chi connectivity index (χ4n) is 2.29. The maximum absolute atomic E-state index is 5.91. The van der Waals surface area contributed by atoms with E-state index in [2.05, 4.69) is 17.4 Å². The summed E-state index contributed by atoms with van der Waals surface area (Å²) in [7, 11) is 1.96. The van der Waals surface area contributed by atoms with Gasteiger partial charge in [-0.3, -0.25) is 16.0 Å². The van der Waals surface area contributed by atoms with Crippen molar-refractivity contribution < 1.29 is 0 Å². The van der Waals surface area contributed by atoms with E-state index in [0.717, 1.165) is 22.7 Å². The fourth-order valence-corrected chi connectivity index (χ4v) is 2.41. The molecule has 0 saturated carbocycles. The number of halogens is 1. The van der Waals surface area contributed by atoms with Gasteiger partial charge >= 0.3 is 0 Å². The van der Waals surface area contributed by atoms with Crippen LogP contribution in [-0.4, -0.2) is 9.78 Å². The van der Waals surface area contributed by atoms with Crippen molar-refractivity contribution in [3.05, 3.63) is 51.8 Å². The van der Waals surface area contributed by atoms with Gasteiger partial charge in [0.1, 0.15) is 0 Å². The van der Waals surface area contributed by atoms with Crippen LogP contribution in [0.3, 0.4) is 0 Å². The Morgan fingerprint density at radius 2 is 1.95 bits per heavy atom. The van der Waals surface area contributed by atoms with Crippen LogP contribution in [0, 0.1) is 13.8 Å². The van der Waals surface area contributed by atoms with E-state index in [1.54, 1.807) is 0 Å². The predicted molar refractivity (Wildman–Crippen MR) is 77.9 cm³/mol. The Balaban J connectivity index is 2.26. The highest BCUT2D eigenvalue weighted by Gasteiger charge is 2.16. The lowest BCUT2D eigenvalue weighted by atomic mass is 9.98. The van der Waals surface area contributed by atoms with Crippen LogP contribution in [-0.2, 0) is 13.5 Å². The van der Waals surface area contributed by atoms with Gasteiger partial charge in [0, 0.05) is 17.8 Å². The maximum atomic E-state index is 5.91. The van der Waals surface area contributed by atoms with Crippen LogP contribution in [0.5, 0.6) is 0 Å². The van der Waals surface area contributed by atoms with Gasteiger partial charge in [-0.25, -0.2) is 0 Å². The SMILES string of the molecule is Cc1nn(C)c(C)c1CC(NN)c1ccc(Cl)cc1. The predicted octanol–water partition coefficient (Wildman–Crippen LogP) is 2.44. The van der Waals surface area contributed by atoms with Gasteiger partial charge in [-0.2, -0.15) is 5.10 Å². The van der Waals surface area contributed by atoms with E-state index in [9.17, 15) is 0 Å². The van der Waals surface area contributed by atoms with Crippen LogP contribution in [0.2, 0.25) is 5.02 Å². The Hall–Kier alpha value is -1.36. The molecule has 0 radical (unpaired) electrons. The summed E-state index contributed by atoms with van der Waals surface area (Å²) >= 11 is 5.91. The molecule has 4 nitrogen and oxygen atoms in total. The van der Waals surface area contributed by atoms with Gasteiger partial charge in [0.25, 0.3) is 0 Å². The molecule has 0 fully saturated rings. The van der Waals surface area contributed by atoms with Crippen molar-refractivity contribution >= 4 is 11.6 Å². The third kappa shape index (κ3) is 2.97. The summed E-state index contributed by atoms with van der Waals surface area (Å²) in [4.78, 5) is 0. The monoisotopic (exact) mass is 278 g/mol. The van der Waals surface area contributed by atoms with Crippen LogP contribution < -0.4 is 11.3 Å². The first-order chi connectivity index (χ1) is 9.02. The average Bonchev–Trinajstić information content (AvgIpc) is 2.63. The summed E-state index contributed by atoms with van der Waals surface area (Å²) in [5.74, 6) is 5.69. The molecule has 102 valence electrons. The van der Waals surface area contributed by atoms with Crippen molar-refractivity contribution in [3.8, 4) is 0 Å². The first-order valence-electron chi connectivity index (χ1n) is 6.23. The number of benzene rings is 1. The van der Waals surface area contributed by atoms with Crippen molar-refractivity contribution in [1.82, 2.24) is 15.2 Å². The highest BCUT2D eigenvalue weighted by Crippen LogP contribution is 2.23. The highest BCUT2D eigenvalue weighted by molar-refractivity contribution is 6.30. The molecule has 1 atom stereocenters. The smallest absolute Gasteiger partial charge is 0.0629 e. The normalized spacial score (nSPS) is 12.7. The van der Waals surface area contributed by atoms with Crippen LogP contribution >= 0.6 is 11.6 Å². The van der Waals surface area contributed by atoms with E-state index in [4.69, 9.17) is 17.4 Å². The topological polar surface area (TPSA) is 55.9 Å². The lowest BCUT2D eigenvalue weighted by Gasteiger charge is -2.16. The molecule has 5 heteroatoms. The van der Waals surface area contributed by atoms with Crippen molar-refractivity contribution in [3.63, 3.8) is 0 Å². The molecule has 0 aliphatic rings. The molecular formula is C14H19ClN4. The van der Waals surface area contributed by atoms with Gasteiger partial charge in [0.05, 0.1) is 11.7 Å². The number of rotatable bonds is 4. The quantitative estimate of drug-likeness (QED) is 0.667. The summed E-state index contributed by atoms with van der Waals surface area (Å²) in [6.07, 6.45) is 0.809. The second kappa shape index (κ2) is 5.74. The molecule has 19 heavy (non-hydrogen) atoms. The summed E-state index contributed by atoms with van der Waals surface area (Å²) in [6, 6.07) is 7.80. The van der Waals surface area contributed by atoms with Crippen molar-refractivity contribution in [2.75, 3.05) is 0 Å². The molecule has 0 saturated heterocycles.